The van der Waals surface area contributed by atoms with Gasteiger partial charge < -0.3 is 10.1 Å². The molecule has 0 fully saturated rings. The second-order valence-electron chi connectivity index (χ2n) is 3.55. The molecule has 14 heavy (non-hydrogen) atoms. The normalized spacial score (nSPS) is 10.1. The highest BCUT2D eigenvalue weighted by atomic mass is 16.5. The summed E-state index contributed by atoms with van der Waals surface area (Å²) in [6.07, 6.45) is 7.52. The van der Waals surface area contributed by atoms with Crippen molar-refractivity contribution in [3.8, 4) is 0 Å². The topological polar surface area (TPSA) is 38.3 Å². The minimum absolute atomic E-state index is 0.0129. The smallest absolute Gasteiger partial charge is 0.245 e. The summed E-state index contributed by atoms with van der Waals surface area (Å²) in [6, 6.07) is 0. The van der Waals surface area contributed by atoms with Crippen LogP contribution in [0.4, 0.5) is 0 Å². The highest BCUT2D eigenvalue weighted by Gasteiger charge is 1.97. The number of carbonyl (C=O) groups excluding carboxylic acids is 1. The van der Waals surface area contributed by atoms with Crippen LogP contribution in [0, 0.1) is 0 Å². The van der Waals surface area contributed by atoms with Gasteiger partial charge in [0.2, 0.25) is 5.91 Å². The standard InChI is InChI=1S/C11H23NO2/c1-3-4-5-6-7-8-9-12-11(13)10-14-2/h3-10H2,1-2H3,(H,12,13). The average molecular weight is 201 g/mol. The zero-order chi connectivity index (χ0) is 10.6. The molecule has 1 N–H and O–H groups in total. The van der Waals surface area contributed by atoms with E-state index < -0.39 is 0 Å². The van der Waals surface area contributed by atoms with Crippen molar-refractivity contribution in [2.24, 2.45) is 0 Å². The van der Waals surface area contributed by atoms with E-state index in [1.54, 1.807) is 0 Å². The summed E-state index contributed by atoms with van der Waals surface area (Å²) in [5.41, 5.74) is 0. The molecule has 0 saturated heterocycles. The van der Waals surface area contributed by atoms with Gasteiger partial charge in [-0.2, -0.15) is 0 Å². The SMILES string of the molecule is CCCCCCCCNC(=O)COC. The van der Waals surface area contributed by atoms with Crippen LogP contribution in [-0.4, -0.2) is 26.2 Å². The van der Waals surface area contributed by atoms with Crippen LogP contribution < -0.4 is 5.32 Å². The summed E-state index contributed by atoms with van der Waals surface area (Å²) < 4.78 is 4.70. The Bertz CT molecular complexity index is 137. The summed E-state index contributed by atoms with van der Waals surface area (Å²) in [5, 5.41) is 2.81. The molecule has 0 rings (SSSR count). The maximum absolute atomic E-state index is 10.9. The van der Waals surface area contributed by atoms with E-state index >= 15 is 0 Å². The maximum atomic E-state index is 10.9. The lowest BCUT2D eigenvalue weighted by Gasteiger charge is -2.03. The van der Waals surface area contributed by atoms with Gasteiger partial charge in [0.1, 0.15) is 6.61 Å². The number of carbonyl (C=O) groups is 1. The molecule has 0 aliphatic heterocycles. The molecular formula is C11H23NO2. The first-order valence-electron chi connectivity index (χ1n) is 5.57. The van der Waals surface area contributed by atoms with Gasteiger partial charge in [0, 0.05) is 13.7 Å². The molecule has 0 heterocycles. The van der Waals surface area contributed by atoms with Gasteiger partial charge in [-0.1, -0.05) is 39.0 Å². The first kappa shape index (κ1) is 13.4. The van der Waals surface area contributed by atoms with Crippen molar-refractivity contribution in [3.05, 3.63) is 0 Å². The van der Waals surface area contributed by atoms with Gasteiger partial charge in [-0.25, -0.2) is 0 Å². The highest BCUT2D eigenvalue weighted by Crippen LogP contribution is 2.03. The van der Waals surface area contributed by atoms with Gasteiger partial charge in [-0.3, -0.25) is 4.79 Å². The second kappa shape index (κ2) is 10.5. The van der Waals surface area contributed by atoms with Crippen molar-refractivity contribution >= 4 is 5.91 Å². The molecule has 0 radical (unpaired) electrons. The number of unbranched alkanes of at least 4 members (excludes halogenated alkanes) is 5. The maximum Gasteiger partial charge on any atom is 0.245 e. The molecule has 0 atom stereocenters. The van der Waals surface area contributed by atoms with E-state index in [9.17, 15) is 4.79 Å². The van der Waals surface area contributed by atoms with E-state index in [2.05, 4.69) is 12.2 Å². The van der Waals surface area contributed by atoms with Gasteiger partial charge in [-0.05, 0) is 6.42 Å². The number of hydrogen-bond acceptors (Lipinski definition) is 2. The second-order valence-corrected chi connectivity index (χ2v) is 3.55. The van der Waals surface area contributed by atoms with Gasteiger partial charge in [-0.15, -0.1) is 0 Å². The van der Waals surface area contributed by atoms with Crippen LogP contribution in [0.15, 0.2) is 0 Å². The number of ether oxygens (including phenoxy) is 1. The van der Waals surface area contributed by atoms with E-state index in [-0.39, 0.29) is 12.5 Å². The molecule has 0 unspecified atom stereocenters. The lowest BCUT2D eigenvalue weighted by atomic mass is 10.1. The Morgan fingerprint density at radius 2 is 1.79 bits per heavy atom. The number of nitrogens with one attached hydrogen (secondary N) is 1. The largest absolute Gasteiger partial charge is 0.375 e. The van der Waals surface area contributed by atoms with Gasteiger partial charge in [0.25, 0.3) is 0 Å². The van der Waals surface area contributed by atoms with Crippen molar-refractivity contribution in [2.75, 3.05) is 20.3 Å². The summed E-state index contributed by atoms with van der Waals surface area (Å²) >= 11 is 0. The fraction of sp³-hybridized carbons (Fsp3) is 0.909. The van der Waals surface area contributed by atoms with Crippen molar-refractivity contribution in [1.82, 2.24) is 5.32 Å². The number of rotatable bonds is 9. The van der Waals surface area contributed by atoms with Crippen LogP contribution in [0.25, 0.3) is 0 Å². The molecule has 0 aromatic heterocycles. The van der Waals surface area contributed by atoms with Crippen LogP contribution in [0.5, 0.6) is 0 Å². The molecule has 0 saturated carbocycles. The third-order valence-corrected chi connectivity index (χ3v) is 2.13. The van der Waals surface area contributed by atoms with E-state index in [4.69, 9.17) is 4.74 Å². The van der Waals surface area contributed by atoms with Crippen LogP contribution in [0.1, 0.15) is 45.4 Å². The Kier molecular flexibility index (Phi) is 10.1. The molecule has 0 aliphatic rings. The quantitative estimate of drug-likeness (QED) is 0.580. The zero-order valence-corrected chi connectivity index (χ0v) is 9.47. The van der Waals surface area contributed by atoms with Crippen molar-refractivity contribution in [3.63, 3.8) is 0 Å². The number of amides is 1. The van der Waals surface area contributed by atoms with E-state index in [1.807, 2.05) is 0 Å². The lowest BCUT2D eigenvalue weighted by Crippen LogP contribution is -2.27. The number of hydrogen-bond donors (Lipinski definition) is 1. The molecule has 1 amide bonds. The van der Waals surface area contributed by atoms with Crippen molar-refractivity contribution < 1.29 is 9.53 Å². The molecule has 0 aromatic carbocycles. The first-order chi connectivity index (χ1) is 6.81. The predicted molar refractivity (Wildman–Crippen MR) is 58.3 cm³/mol. The number of methoxy groups -OCH3 is 1. The molecule has 0 aromatic rings. The minimum atomic E-state index is -0.0129. The third-order valence-electron chi connectivity index (χ3n) is 2.13. The van der Waals surface area contributed by atoms with Gasteiger partial charge >= 0.3 is 0 Å². The minimum Gasteiger partial charge on any atom is -0.375 e. The van der Waals surface area contributed by atoms with Crippen LogP contribution in [0.2, 0.25) is 0 Å². The summed E-state index contributed by atoms with van der Waals surface area (Å²) in [5.74, 6) is -0.0129. The summed E-state index contributed by atoms with van der Waals surface area (Å²) in [4.78, 5) is 10.9. The summed E-state index contributed by atoms with van der Waals surface area (Å²) in [6.45, 7) is 3.18. The van der Waals surface area contributed by atoms with Crippen molar-refractivity contribution in [2.45, 2.75) is 45.4 Å². The van der Waals surface area contributed by atoms with Crippen LogP contribution >= 0.6 is 0 Å². The van der Waals surface area contributed by atoms with E-state index in [0.717, 1.165) is 13.0 Å². The van der Waals surface area contributed by atoms with Crippen LogP contribution in [-0.2, 0) is 9.53 Å². The fourth-order valence-corrected chi connectivity index (χ4v) is 1.32. The fourth-order valence-electron chi connectivity index (χ4n) is 1.32. The molecule has 0 bridgehead atoms. The van der Waals surface area contributed by atoms with E-state index in [0.29, 0.717) is 0 Å². The highest BCUT2D eigenvalue weighted by molar-refractivity contribution is 5.77. The first-order valence-corrected chi connectivity index (χ1v) is 5.57. The molecule has 3 heteroatoms. The zero-order valence-electron chi connectivity index (χ0n) is 9.47. The Hall–Kier alpha value is -0.570. The van der Waals surface area contributed by atoms with Crippen LogP contribution in [0.3, 0.4) is 0 Å². The molecule has 3 nitrogen and oxygen atoms in total. The predicted octanol–water partition coefficient (Wildman–Crippen LogP) is 2.11. The van der Waals surface area contributed by atoms with Crippen molar-refractivity contribution in [1.29, 1.82) is 0 Å². The molecule has 0 aliphatic carbocycles. The monoisotopic (exact) mass is 201 g/mol. The summed E-state index contributed by atoms with van der Waals surface area (Å²) in [7, 11) is 1.53. The Balaban J connectivity index is 3.01. The molecule has 84 valence electrons. The Morgan fingerprint density at radius 3 is 2.43 bits per heavy atom. The third kappa shape index (κ3) is 9.52. The molecular weight excluding hydrogens is 178 g/mol. The Labute approximate surface area is 87.2 Å². The Morgan fingerprint density at radius 1 is 1.14 bits per heavy atom. The van der Waals surface area contributed by atoms with E-state index in [1.165, 1.54) is 39.2 Å². The van der Waals surface area contributed by atoms with Gasteiger partial charge in [0.15, 0.2) is 0 Å². The average Bonchev–Trinajstić information content (AvgIpc) is 2.17. The molecule has 0 spiro atoms. The lowest BCUT2D eigenvalue weighted by molar-refractivity contribution is -0.124. The van der Waals surface area contributed by atoms with Gasteiger partial charge in [0.05, 0.1) is 0 Å².